The van der Waals surface area contributed by atoms with Crippen LogP contribution < -0.4 is 5.73 Å². The second-order valence-electron chi connectivity index (χ2n) is 2.73. The number of nitrogens with two attached hydrogens (primary N) is 1. The summed E-state index contributed by atoms with van der Waals surface area (Å²) in [6, 6.07) is 3.81. The molecule has 2 heterocycles. The van der Waals surface area contributed by atoms with Crippen molar-refractivity contribution in [2.24, 2.45) is 5.73 Å². The van der Waals surface area contributed by atoms with Crippen molar-refractivity contribution in [1.29, 1.82) is 0 Å². The molecule has 0 aliphatic heterocycles. The third-order valence-corrected chi connectivity index (χ3v) is 1.84. The van der Waals surface area contributed by atoms with Crippen molar-refractivity contribution in [2.75, 3.05) is 0 Å². The van der Waals surface area contributed by atoms with Crippen LogP contribution in [-0.2, 0) is 6.54 Å². The van der Waals surface area contributed by atoms with E-state index < -0.39 is 0 Å². The summed E-state index contributed by atoms with van der Waals surface area (Å²) in [6.07, 6.45) is 1.72. The Morgan fingerprint density at radius 1 is 1.58 bits per heavy atom. The Kier molecular flexibility index (Phi) is 1.59. The smallest absolute Gasteiger partial charge is 0.137 e. The Bertz CT molecular complexity index is 406. The normalized spacial score (nSPS) is 10.8. The second kappa shape index (κ2) is 2.60. The highest BCUT2D eigenvalue weighted by atomic mass is 16.3. The van der Waals surface area contributed by atoms with Gasteiger partial charge in [0.15, 0.2) is 0 Å². The molecule has 0 unspecified atom stereocenters. The molecule has 0 bridgehead atoms. The van der Waals surface area contributed by atoms with E-state index in [9.17, 15) is 0 Å². The molecule has 62 valence electrons. The summed E-state index contributed by atoms with van der Waals surface area (Å²) < 4.78 is 5.41. The summed E-state index contributed by atoms with van der Waals surface area (Å²) >= 11 is 0. The number of rotatable bonds is 1. The molecule has 3 heteroatoms. The fourth-order valence-corrected chi connectivity index (χ4v) is 1.31. The van der Waals surface area contributed by atoms with Gasteiger partial charge in [0.25, 0.3) is 0 Å². The maximum absolute atomic E-state index is 5.52. The van der Waals surface area contributed by atoms with E-state index >= 15 is 0 Å². The SMILES string of the molecule is Cc1cc2c(CN)nccc2o1. The monoisotopic (exact) mass is 162 g/mol. The van der Waals surface area contributed by atoms with E-state index in [-0.39, 0.29) is 0 Å². The van der Waals surface area contributed by atoms with Crippen LogP contribution >= 0.6 is 0 Å². The molecule has 0 atom stereocenters. The number of aryl methyl sites for hydroxylation is 1. The summed E-state index contributed by atoms with van der Waals surface area (Å²) in [5.41, 5.74) is 7.28. The van der Waals surface area contributed by atoms with Crippen LogP contribution in [0.2, 0.25) is 0 Å². The molecule has 0 aliphatic carbocycles. The van der Waals surface area contributed by atoms with Crippen molar-refractivity contribution in [3.05, 3.63) is 29.8 Å². The van der Waals surface area contributed by atoms with Crippen LogP contribution in [0.1, 0.15) is 11.5 Å². The molecule has 2 N–H and O–H groups in total. The number of hydrogen-bond acceptors (Lipinski definition) is 3. The van der Waals surface area contributed by atoms with Crippen LogP contribution in [0.3, 0.4) is 0 Å². The third-order valence-electron chi connectivity index (χ3n) is 1.84. The van der Waals surface area contributed by atoms with E-state index in [0.29, 0.717) is 6.54 Å². The average Bonchev–Trinajstić information content (AvgIpc) is 2.44. The van der Waals surface area contributed by atoms with Gasteiger partial charge in [-0.25, -0.2) is 0 Å². The van der Waals surface area contributed by atoms with Crippen LogP contribution in [0.4, 0.5) is 0 Å². The summed E-state index contributed by atoms with van der Waals surface area (Å²) in [5, 5.41) is 1.03. The molecule has 0 spiro atoms. The van der Waals surface area contributed by atoms with Crippen molar-refractivity contribution in [1.82, 2.24) is 4.98 Å². The first-order valence-corrected chi connectivity index (χ1v) is 3.85. The number of nitrogens with zero attached hydrogens (tertiary/aromatic N) is 1. The third kappa shape index (κ3) is 0.987. The molecule has 0 saturated heterocycles. The van der Waals surface area contributed by atoms with Crippen LogP contribution in [0.25, 0.3) is 11.0 Å². The van der Waals surface area contributed by atoms with E-state index in [1.807, 2.05) is 19.1 Å². The molecular weight excluding hydrogens is 152 g/mol. The van der Waals surface area contributed by atoms with Crippen LogP contribution in [-0.4, -0.2) is 4.98 Å². The molecule has 2 aromatic rings. The van der Waals surface area contributed by atoms with Crippen LogP contribution in [0.15, 0.2) is 22.7 Å². The zero-order valence-corrected chi connectivity index (χ0v) is 6.87. The summed E-state index contributed by atoms with van der Waals surface area (Å²) in [5.74, 6) is 0.896. The van der Waals surface area contributed by atoms with E-state index in [1.54, 1.807) is 6.20 Å². The van der Waals surface area contributed by atoms with Gasteiger partial charge in [-0.1, -0.05) is 0 Å². The van der Waals surface area contributed by atoms with Gasteiger partial charge in [0.2, 0.25) is 0 Å². The summed E-state index contributed by atoms with van der Waals surface area (Å²) in [7, 11) is 0. The first-order valence-electron chi connectivity index (χ1n) is 3.85. The van der Waals surface area contributed by atoms with E-state index in [0.717, 1.165) is 22.4 Å². The molecule has 2 rings (SSSR count). The predicted molar refractivity (Wildman–Crippen MR) is 46.6 cm³/mol. The number of pyridine rings is 1. The van der Waals surface area contributed by atoms with Gasteiger partial charge in [-0.15, -0.1) is 0 Å². The fraction of sp³-hybridized carbons (Fsp3) is 0.222. The Morgan fingerprint density at radius 2 is 2.42 bits per heavy atom. The predicted octanol–water partition coefficient (Wildman–Crippen LogP) is 1.59. The minimum absolute atomic E-state index is 0.455. The maximum atomic E-state index is 5.52. The standard InChI is InChI=1S/C9H10N2O/c1-6-4-7-8(5-10)11-3-2-9(7)12-6/h2-4H,5,10H2,1H3. The Hall–Kier alpha value is -1.35. The lowest BCUT2D eigenvalue weighted by molar-refractivity contribution is 0.578. The van der Waals surface area contributed by atoms with Gasteiger partial charge >= 0.3 is 0 Å². The van der Waals surface area contributed by atoms with Gasteiger partial charge in [-0.05, 0) is 19.1 Å². The van der Waals surface area contributed by atoms with Crippen molar-refractivity contribution in [3.63, 3.8) is 0 Å². The largest absolute Gasteiger partial charge is 0.461 e. The number of furan rings is 1. The zero-order chi connectivity index (χ0) is 8.55. The molecule has 12 heavy (non-hydrogen) atoms. The van der Waals surface area contributed by atoms with Crippen molar-refractivity contribution >= 4 is 11.0 Å². The van der Waals surface area contributed by atoms with E-state index in [4.69, 9.17) is 10.2 Å². The summed E-state index contributed by atoms with van der Waals surface area (Å²) in [4.78, 5) is 4.15. The van der Waals surface area contributed by atoms with Gasteiger partial charge in [-0.3, -0.25) is 4.98 Å². The first-order chi connectivity index (χ1) is 5.81. The topological polar surface area (TPSA) is 52.0 Å². The highest BCUT2D eigenvalue weighted by molar-refractivity contribution is 5.79. The van der Waals surface area contributed by atoms with Gasteiger partial charge < -0.3 is 10.2 Å². The lowest BCUT2D eigenvalue weighted by Gasteiger charge is -1.94. The lowest BCUT2D eigenvalue weighted by Crippen LogP contribution is -1.98. The molecule has 0 aliphatic rings. The van der Waals surface area contributed by atoms with Crippen LogP contribution in [0, 0.1) is 6.92 Å². The molecular formula is C9H10N2O. The molecule has 0 saturated carbocycles. The molecule has 3 nitrogen and oxygen atoms in total. The average molecular weight is 162 g/mol. The molecule has 2 aromatic heterocycles. The molecule has 0 radical (unpaired) electrons. The lowest BCUT2D eigenvalue weighted by atomic mass is 10.2. The van der Waals surface area contributed by atoms with Crippen molar-refractivity contribution in [3.8, 4) is 0 Å². The number of aromatic nitrogens is 1. The van der Waals surface area contributed by atoms with E-state index in [1.165, 1.54) is 0 Å². The highest BCUT2D eigenvalue weighted by Crippen LogP contribution is 2.20. The maximum Gasteiger partial charge on any atom is 0.137 e. The Labute approximate surface area is 70.2 Å². The molecule has 0 amide bonds. The summed E-state index contributed by atoms with van der Waals surface area (Å²) in [6.45, 7) is 2.37. The van der Waals surface area contributed by atoms with Crippen LogP contribution in [0.5, 0.6) is 0 Å². The molecule has 0 aromatic carbocycles. The minimum atomic E-state index is 0.455. The highest BCUT2D eigenvalue weighted by Gasteiger charge is 2.04. The van der Waals surface area contributed by atoms with Gasteiger partial charge in [0, 0.05) is 18.1 Å². The number of fused-ring (bicyclic) bond motifs is 1. The number of hydrogen-bond donors (Lipinski definition) is 1. The van der Waals surface area contributed by atoms with Gasteiger partial charge in [0.05, 0.1) is 5.69 Å². The minimum Gasteiger partial charge on any atom is -0.461 e. The van der Waals surface area contributed by atoms with Gasteiger partial charge in [-0.2, -0.15) is 0 Å². The van der Waals surface area contributed by atoms with Crippen molar-refractivity contribution in [2.45, 2.75) is 13.5 Å². The zero-order valence-electron chi connectivity index (χ0n) is 6.87. The molecule has 0 fully saturated rings. The first kappa shape index (κ1) is 7.31. The Balaban J connectivity index is 2.78. The Morgan fingerprint density at radius 3 is 3.17 bits per heavy atom. The van der Waals surface area contributed by atoms with Gasteiger partial charge in [0.1, 0.15) is 11.3 Å². The quantitative estimate of drug-likeness (QED) is 0.692. The van der Waals surface area contributed by atoms with E-state index in [2.05, 4.69) is 4.98 Å². The second-order valence-corrected chi connectivity index (χ2v) is 2.73. The van der Waals surface area contributed by atoms with Crippen molar-refractivity contribution < 1.29 is 4.42 Å². The fourth-order valence-electron chi connectivity index (χ4n) is 1.31.